The molecule has 0 aromatic heterocycles. The van der Waals surface area contributed by atoms with Gasteiger partial charge in [0.15, 0.2) is 0 Å². The van der Waals surface area contributed by atoms with Gasteiger partial charge in [-0.2, -0.15) is 0 Å². The van der Waals surface area contributed by atoms with Gasteiger partial charge in [0, 0.05) is 0 Å². The molecule has 0 radical (unpaired) electrons. The highest BCUT2D eigenvalue weighted by atomic mass is 14.2. The van der Waals surface area contributed by atoms with Gasteiger partial charge in [-0.15, -0.1) is 0 Å². The van der Waals surface area contributed by atoms with Crippen LogP contribution >= 0.6 is 0 Å². The minimum Gasteiger partial charge on any atom is -0.0683 e. The fraction of sp³-hybridized carbons (Fsp3) is 0.600. The number of aryl methyl sites for hydroxylation is 2. The molecule has 0 fully saturated rings. The van der Waals surface area contributed by atoms with Crippen LogP contribution in [-0.2, 0) is 5.41 Å². The molecule has 0 amide bonds. The Labute approximate surface area is 95.7 Å². The number of rotatable bonds is 2. The SMILES string of the molecule is CC.CCC(C)(C)c1ccc(C)c(C)c1. The second kappa shape index (κ2) is 5.95. The van der Waals surface area contributed by atoms with Gasteiger partial charge >= 0.3 is 0 Å². The van der Waals surface area contributed by atoms with Gasteiger partial charge in [0.05, 0.1) is 0 Å². The van der Waals surface area contributed by atoms with E-state index in [0.717, 1.165) is 0 Å². The van der Waals surface area contributed by atoms with Crippen LogP contribution in [0.3, 0.4) is 0 Å². The molecule has 86 valence electrons. The summed E-state index contributed by atoms with van der Waals surface area (Å²) in [5.41, 5.74) is 4.56. The first-order valence-electron chi connectivity index (χ1n) is 6.05. The summed E-state index contributed by atoms with van der Waals surface area (Å²) in [6.07, 6.45) is 1.19. The lowest BCUT2D eigenvalue weighted by Crippen LogP contribution is -2.15. The molecule has 1 aromatic rings. The van der Waals surface area contributed by atoms with Crippen molar-refractivity contribution in [2.75, 3.05) is 0 Å². The molecule has 0 bridgehead atoms. The fourth-order valence-electron chi connectivity index (χ4n) is 1.37. The maximum atomic E-state index is 2.32. The highest BCUT2D eigenvalue weighted by Gasteiger charge is 2.17. The molecule has 1 aromatic carbocycles. The van der Waals surface area contributed by atoms with Gasteiger partial charge in [0.1, 0.15) is 0 Å². The highest BCUT2D eigenvalue weighted by Crippen LogP contribution is 2.27. The van der Waals surface area contributed by atoms with E-state index in [-0.39, 0.29) is 0 Å². The van der Waals surface area contributed by atoms with E-state index in [1.54, 1.807) is 0 Å². The first-order chi connectivity index (χ1) is 6.97. The van der Waals surface area contributed by atoms with Gasteiger partial charge in [-0.25, -0.2) is 0 Å². The zero-order chi connectivity index (χ0) is 12.1. The van der Waals surface area contributed by atoms with Crippen LogP contribution in [0.15, 0.2) is 18.2 Å². The average Bonchev–Trinajstić information content (AvgIpc) is 2.25. The van der Waals surface area contributed by atoms with E-state index >= 15 is 0 Å². The maximum Gasteiger partial charge on any atom is -0.0106 e. The van der Waals surface area contributed by atoms with Crippen LogP contribution in [0.5, 0.6) is 0 Å². The minimum absolute atomic E-state index is 0.318. The van der Waals surface area contributed by atoms with E-state index in [1.165, 1.54) is 23.1 Å². The first-order valence-corrected chi connectivity index (χ1v) is 6.05. The van der Waals surface area contributed by atoms with Gasteiger partial charge in [-0.05, 0) is 42.4 Å². The first kappa shape index (κ1) is 14.2. The molecule has 0 saturated carbocycles. The third-order valence-electron chi connectivity index (χ3n) is 3.17. The summed E-state index contributed by atoms with van der Waals surface area (Å²) >= 11 is 0. The summed E-state index contributed by atoms with van der Waals surface area (Å²) in [5.74, 6) is 0. The van der Waals surface area contributed by atoms with E-state index in [1.807, 2.05) is 13.8 Å². The molecular formula is C15H26. The lowest BCUT2D eigenvalue weighted by molar-refractivity contribution is 0.506. The van der Waals surface area contributed by atoms with Gasteiger partial charge < -0.3 is 0 Å². The Hall–Kier alpha value is -0.780. The van der Waals surface area contributed by atoms with E-state index in [4.69, 9.17) is 0 Å². The third kappa shape index (κ3) is 3.70. The van der Waals surface area contributed by atoms with Crippen molar-refractivity contribution in [1.82, 2.24) is 0 Å². The quantitative estimate of drug-likeness (QED) is 0.637. The second-order valence-electron chi connectivity index (χ2n) is 4.54. The normalized spacial score (nSPS) is 10.6. The molecule has 0 aliphatic rings. The van der Waals surface area contributed by atoms with Gasteiger partial charge in [-0.1, -0.05) is 52.8 Å². The number of hydrogen-bond donors (Lipinski definition) is 0. The Morgan fingerprint density at radius 2 is 1.53 bits per heavy atom. The Morgan fingerprint density at radius 1 is 1.00 bits per heavy atom. The van der Waals surface area contributed by atoms with E-state index in [2.05, 4.69) is 52.8 Å². The van der Waals surface area contributed by atoms with E-state index < -0.39 is 0 Å². The molecular weight excluding hydrogens is 180 g/mol. The molecule has 0 spiro atoms. The Morgan fingerprint density at radius 3 is 1.93 bits per heavy atom. The predicted octanol–water partition coefficient (Wildman–Crippen LogP) is 5.02. The van der Waals surface area contributed by atoms with Crippen LogP contribution < -0.4 is 0 Å². The molecule has 0 unspecified atom stereocenters. The Bertz CT molecular complexity index is 295. The number of hydrogen-bond acceptors (Lipinski definition) is 0. The lowest BCUT2D eigenvalue weighted by Gasteiger charge is -2.24. The summed E-state index contributed by atoms with van der Waals surface area (Å²) < 4.78 is 0. The molecule has 1 rings (SSSR count). The monoisotopic (exact) mass is 206 g/mol. The summed E-state index contributed by atoms with van der Waals surface area (Å²) in [6.45, 7) is 15.2. The van der Waals surface area contributed by atoms with Gasteiger partial charge in [0.25, 0.3) is 0 Å². The van der Waals surface area contributed by atoms with Crippen molar-refractivity contribution in [3.8, 4) is 0 Å². The van der Waals surface area contributed by atoms with Crippen molar-refractivity contribution in [1.29, 1.82) is 0 Å². The third-order valence-corrected chi connectivity index (χ3v) is 3.17. The van der Waals surface area contributed by atoms with Crippen molar-refractivity contribution >= 4 is 0 Å². The molecule has 0 heteroatoms. The van der Waals surface area contributed by atoms with Crippen molar-refractivity contribution in [3.63, 3.8) is 0 Å². The molecule has 15 heavy (non-hydrogen) atoms. The topological polar surface area (TPSA) is 0 Å². The number of benzene rings is 1. The summed E-state index contributed by atoms with van der Waals surface area (Å²) in [5, 5.41) is 0. The van der Waals surface area contributed by atoms with Crippen LogP contribution in [0, 0.1) is 13.8 Å². The smallest absolute Gasteiger partial charge is 0.0106 e. The minimum atomic E-state index is 0.318. The molecule has 0 N–H and O–H groups in total. The second-order valence-corrected chi connectivity index (χ2v) is 4.54. The predicted molar refractivity (Wildman–Crippen MR) is 70.6 cm³/mol. The Kier molecular flexibility index (Phi) is 5.64. The molecule has 0 aliphatic heterocycles. The largest absolute Gasteiger partial charge is 0.0683 e. The standard InChI is InChI=1S/C13H20.C2H6/c1-6-13(4,5)12-8-7-10(2)11(3)9-12;1-2/h7-9H,6H2,1-5H3;1-2H3. The van der Waals surface area contributed by atoms with Gasteiger partial charge in [-0.3, -0.25) is 0 Å². The summed E-state index contributed by atoms with van der Waals surface area (Å²) in [7, 11) is 0. The molecule has 0 atom stereocenters. The molecule has 0 heterocycles. The van der Waals surface area contributed by atoms with Crippen molar-refractivity contribution in [2.45, 2.75) is 60.3 Å². The highest BCUT2D eigenvalue weighted by molar-refractivity contribution is 5.33. The van der Waals surface area contributed by atoms with Crippen molar-refractivity contribution in [2.24, 2.45) is 0 Å². The van der Waals surface area contributed by atoms with Crippen LogP contribution in [0.25, 0.3) is 0 Å². The average molecular weight is 206 g/mol. The van der Waals surface area contributed by atoms with Crippen molar-refractivity contribution < 1.29 is 0 Å². The zero-order valence-electron chi connectivity index (χ0n) is 11.4. The summed E-state index contributed by atoms with van der Waals surface area (Å²) in [6, 6.07) is 6.80. The molecule has 0 saturated heterocycles. The van der Waals surface area contributed by atoms with Crippen LogP contribution in [-0.4, -0.2) is 0 Å². The fourth-order valence-corrected chi connectivity index (χ4v) is 1.37. The lowest BCUT2D eigenvalue weighted by atomic mass is 9.81. The van der Waals surface area contributed by atoms with E-state index in [0.29, 0.717) is 5.41 Å². The van der Waals surface area contributed by atoms with Gasteiger partial charge in [0.2, 0.25) is 0 Å². The van der Waals surface area contributed by atoms with Crippen molar-refractivity contribution in [3.05, 3.63) is 34.9 Å². The van der Waals surface area contributed by atoms with Crippen LogP contribution in [0.2, 0.25) is 0 Å². The van der Waals surface area contributed by atoms with Crippen LogP contribution in [0.1, 0.15) is 57.7 Å². The van der Waals surface area contributed by atoms with E-state index in [9.17, 15) is 0 Å². The molecule has 0 nitrogen and oxygen atoms in total. The zero-order valence-corrected chi connectivity index (χ0v) is 11.4. The summed E-state index contributed by atoms with van der Waals surface area (Å²) in [4.78, 5) is 0. The molecule has 0 aliphatic carbocycles. The Balaban J connectivity index is 0.000000921. The van der Waals surface area contributed by atoms with Crippen LogP contribution in [0.4, 0.5) is 0 Å². The maximum absolute atomic E-state index is 2.32.